The van der Waals surface area contributed by atoms with Crippen LogP contribution in [0.25, 0.3) is 0 Å². The van der Waals surface area contributed by atoms with E-state index in [2.05, 4.69) is 20.8 Å². The first-order valence-corrected chi connectivity index (χ1v) is 14.0. The van der Waals surface area contributed by atoms with Crippen molar-refractivity contribution in [2.24, 2.45) is 28.6 Å². The zero-order valence-corrected chi connectivity index (χ0v) is 23.3. The normalized spacial score (nSPS) is 29.4. The predicted molar refractivity (Wildman–Crippen MR) is 141 cm³/mol. The number of rotatable bonds is 9. The number of phenolic OH excluding ortho intramolecular Hbond substituents is 2. The standard InChI is InChI=1S/C30H43NO7/c1-17(2)20(16-25(35)24(34)14-18-8-9-22(32)23(33)13-18)27(36)31-12-6-7-21(31)28(37)38-26-15-19-10-11-30(26,5)29(19,3)4/h8-9,13,17,19-21,24,26,32-34H,6-7,10-12,14-16H2,1-5H3. The van der Waals surface area contributed by atoms with Gasteiger partial charge in [-0.2, -0.15) is 0 Å². The molecular formula is C30H43NO7. The number of fused-ring (bicyclic) bond motifs is 2. The van der Waals surface area contributed by atoms with E-state index in [4.69, 9.17) is 4.74 Å². The molecule has 8 heteroatoms. The molecule has 1 amide bonds. The number of benzene rings is 1. The maximum Gasteiger partial charge on any atom is 0.329 e. The van der Waals surface area contributed by atoms with E-state index in [0.717, 1.165) is 19.3 Å². The third-order valence-electron chi connectivity index (χ3n) is 10.2. The molecule has 8 nitrogen and oxygen atoms in total. The van der Waals surface area contributed by atoms with Crippen molar-refractivity contribution in [2.75, 3.05) is 6.54 Å². The molecule has 38 heavy (non-hydrogen) atoms. The van der Waals surface area contributed by atoms with Gasteiger partial charge in [-0.3, -0.25) is 9.59 Å². The van der Waals surface area contributed by atoms with Crippen LogP contribution < -0.4 is 0 Å². The van der Waals surface area contributed by atoms with E-state index in [1.54, 1.807) is 4.90 Å². The minimum absolute atomic E-state index is 0.0398. The number of ether oxygens (including phenoxy) is 1. The number of aromatic hydroxyl groups is 2. The fraction of sp³-hybridized carbons (Fsp3) is 0.700. The monoisotopic (exact) mass is 529 g/mol. The van der Waals surface area contributed by atoms with Crippen LogP contribution in [0.1, 0.15) is 78.7 Å². The lowest BCUT2D eigenvalue weighted by molar-refractivity contribution is -0.166. The van der Waals surface area contributed by atoms with Crippen molar-refractivity contribution >= 4 is 17.7 Å². The van der Waals surface area contributed by atoms with Crippen LogP contribution in [0.15, 0.2) is 18.2 Å². The van der Waals surface area contributed by atoms with Crippen LogP contribution in [0.2, 0.25) is 0 Å². The lowest BCUT2D eigenvalue weighted by atomic mass is 9.70. The van der Waals surface area contributed by atoms with Crippen molar-refractivity contribution < 1.29 is 34.4 Å². The van der Waals surface area contributed by atoms with Crippen LogP contribution in [-0.2, 0) is 25.5 Å². The summed E-state index contributed by atoms with van der Waals surface area (Å²) in [6.07, 6.45) is 2.65. The number of nitrogens with zero attached hydrogens (tertiary/aromatic N) is 1. The number of carbonyl (C=O) groups excluding carboxylic acids is 3. The highest BCUT2D eigenvalue weighted by Crippen LogP contribution is 2.66. The fourth-order valence-electron chi connectivity index (χ4n) is 7.01. The lowest BCUT2D eigenvalue weighted by Gasteiger charge is -2.39. The molecule has 6 unspecified atom stereocenters. The molecule has 1 heterocycles. The van der Waals surface area contributed by atoms with Gasteiger partial charge in [0, 0.05) is 30.7 Å². The molecule has 3 aliphatic rings. The van der Waals surface area contributed by atoms with Crippen molar-refractivity contribution in [1.29, 1.82) is 0 Å². The van der Waals surface area contributed by atoms with Crippen LogP contribution in [0.5, 0.6) is 11.5 Å². The highest BCUT2D eigenvalue weighted by molar-refractivity contribution is 5.91. The number of aliphatic hydroxyl groups is 1. The van der Waals surface area contributed by atoms with Gasteiger partial charge in [0.1, 0.15) is 18.2 Å². The van der Waals surface area contributed by atoms with E-state index in [9.17, 15) is 29.7 Å². The topological polar surface area (TPSA) is 124 Å². The van der Waals surface area contributed by atoms with Crippen LogP contribution in [0.4, 0.5) is 0 Å². The Kier molecular flexibility index (Phi) is 7.86. The van der Waals surface area contributed by atoms with Crippen LogP contribution in [-0.4, -0.2) is 62.7 Å². The third-order valence-corrected chi connectivity index (χ3v) is 10.2. The van der Waals surface area contributed by atoms with E-state index in [0.29, 0.717) is 30.9 Å². The lowest BCUT2D eigenvalue weighted by Crippen LogP contribution is -2.48. The number of hydrogen-bond donors (Lipinski definition) is 3. The van der Waals surface area contributed by atoms with Gasteiger partial charge in [0.15, 0.2) is 17.3 Å². The Balaban J connectivity index is 1.40. The van der Waals surface area contributed by atoms with Gasteiger partial charge in [-0.15, -0.1) is 0 Å². The Morgan fingerprint density at radius 3 is 2.39 bits per heavy atom. The summed E-state index contributed by atoms with van der Waals surface area (Å²) in [6, 6.07) is 3.48. The maximum absolute atomic E-state index is 13.7. The SMILES string of the molecule is CC(C)C(CC(=O)C(O)Cc1ccc(O)c(O)c1)C(=O)N1CCCC1C(=O)OC1CC2CCC1(C)C2(C)C. The highest BCUT2D eigenvalue weighted by atomic mass is 16.5. The zero-order valence-electron chi connectivity index (χ0n) is 23.3. The number of phenols is 2. The van der Waals surface area contributed by atoms with Gasteiger partial charge in [-0.05, 0) is 67.1 Å². The van der Waals surface area contributed by atoms with E-state index < -0.39 is 23.8 Å². The number of Topliss-reactive ketones (excluding diaryl/α,β-unsaturated/α-hetero) is 1. The zero-order chi connectivity index (χ0) is 28.0. The second kappa shape index (κ2) is 10.5. The maximum atomic E-state index is 13.7. The highest BCUT2D eigenvalue weighted by Gasteiger charge is 2.63. The van der Waals surface area contributed by atoms with E-state index >= 15 is 0 Å². The Labute approximate surface area is 225 Å². The molecule has 1 aliphatic heterocycles. The van der Waals surface area contributed by atoms with Gasteiger partial charge in [0.2, 0.25) is 5.91 Å². The summed E-state index contributed by atoms with van der Waals surface area (Å²) in [7, 11) is 0. The number of likely N-dealkylation sites (tertiary alicyclic amines) is 1. The van der Waals surface area contributed by atoms with E-state index in [1.165, 1.54) is 18.2 Å². The Hall–Kier alpha value is -2.61. The molecule has 6 atom stereocenters. The third kappa shape index (κ3) is 5.04. The molecule has 3 N–H and O–H groups in total. The van der Waals surface area contributed by atoms with Crippen molar-refractivity contribution in [3.8, 4) is 11.5 Å². The molecule has 0 spiro atoms. The van der Waals surface area contributed by atoms with Crippen LogP contribution in [0.3, 0.4) is 0 Å². The average molecular weight is 530 g/mol. The summed E-state index contributed by atoms with van der Waals surface area (Å²) in [5.41, 5.74) is 0.553. The van der Waals surface area contributed by atoms with Crippen molar-refractivity contribution in [1.82, 2.24) is 4.90 Å². The van der Waals surface area contributed by atoms with Gasteiger partial charge in [-0.25, -0.2) is 4.79 Å². The number of carbonyl (C=O) groups is 3. The second-order valence-corrected chi connectivity index (χ2v) is 12.8. The second-order valence-electron chi connectivity index (χ2n) is 12.8. The van der Waals surface area contributed by atoms with Crippen LogP contribution >= 0.6 is 0 Å². The molecule has 0 radical (unpaired) electrons. The fourth-order valence-corrected chi connectivity index (χ4v) is 7.01. The molecule has 1 aromatic rings. The molecule has 2 saturated carbocycles. The van der Waals surface area contributed by atoms with Crippen molar-refractivity contribution in [2.45, 2.75) is 97.8 Å². The molecule has 210 valence electrons. The largest absolute Gasteiger partial charge is 0.504 e. The molecule has 1 saturated heterocycles. The Morgan fingerprint density at radius 2 is 1.82 bits per heavy atom. The number of ketones is 1. The molecular weight excluding hydrogens is 486 g/mol. The smallest absolute Gasteiger partial charge is 0.329 e. The summed E-state index contributed by atoms with van der Waals surface area (Å²) in [5.74, 6) is -1.96. The molecule has 2 aliphatic carbocycles. The van der Waals surface area contributed by atoms with Crippen LogP contribution in [0, 0.1) is 28.6 Å². The van der Waals surface area contributed by atoms with Crippen molar-refractivity contribution in [3.05, 3.63) is 23.8 Å². The minimum Gasteiger partial charge on any atom is -0.504 e. The van der Waals surface area contributed by atoms with Gasteiger partial charge in [0.05, 0.1) is 0 Å². The first-order chi connectivity index (χ1) is 17.8. The number of amides is 1. The van der Waals surface area contributed by atoms with E-state index in [-0.39, 0.29) is 59.1 Å². The van der Waals surface area contributed by atoms with Gasteiger partial charge >= 0.3 is 5.97 Å². The van der Waals surface area contributed by atoms with Gasteiger partial charge < -0.3 is 25.0 Å². The molecule has 3 fully saturated rings. The number of esters is 1. The number of hydrogen-bond acceptors (Lipinski definition) is 7. The minimum atomic E-state index is -1.35. The summed E-state index contributed by atoms with van der Waals surface area (Å²) in [6.45, 7) is 10.9. The average Bonchev–Trinajstić information content (AvgIpc) is 3.47. The molecule has 1 aromatic carbocycles. The number of aliphatic hydroxyl groups excluding tert-OH is 1. The molecule has 2 bridgehead atoms. The predicted octanol–water partition coefficient (Wildman–Crippen LogP) is 3.98. The Morgan fingerprint density at radius 1 is 1.11 bits per heavy atom. The molecule has 0 aromatic heterocycles. The van der Waals surface area contributed by atoms with Gasteiger partial charge in [-0.1, -0.05) is 40.7 Å². The quantitative estimate of drug-likeness (QED) is 0.326. The summed E-state index contributed by atoms with van der Waals surface area (Å²) >= 11 is 0. The summed E-state index contributed by atoms with van der Waals surface area (Å²) in [5, 5.41) is 29.7. The first-order valence-electron chi connectivity index (χ1n) is 14.0. The molecule has 4 rings (SSSR count). The van der Waals surface area contributed by atoms with Gasteiger partial charge in [0.25, 0.3) is 0 Å². The summed E-state index contributed by atoms with van der Waals surface area (Å²) in [4.78, 5) is 41.5. The van der Waals surface area contributed by atoms with Crippen molar-refractivity contribution in [3.63, 3.8) is 0 Å². The Bertz CT molecular complexity index is 1080. The first kappa shape index (κ1) is 28.4. The van der Waals surface area contributed by atoms with E-state index in [1.807, 2.05) is 13.8 Å². The summed E-state index contributed by atoms with van der Waals surface area (Å²) < 4.78 is 6.11.